The van der Waals surface area contributed by atoms with Crippen molar-refractivity contribution in [2.75, 3.05) is 23.8 Å². The van der Waals surface area contributed by atoms with E-state index in [2.05, 4.69) is 57.2 Å². The van der Waals surface area contributed by atoms with Gasteiger partial charge in [-0.25, -0.2) is 0 Å². The van der Waals surface area contributed by atoms with Crippen molar-refractivity contribution in [3.63, 3.8) is 0 Å². The molecule has 5 heteroatoms. The van der Waals surface area contributed by atoms with Crippen molar-refractivity contribution in [3.05, 3.63) is 78.3 Å². The van der Waals surface area contributed by atoms with Crippen LogP contribution < -0.4 is 10.2 Å². The molecule has 136 valence electrons. The Morgan fingerprint density at radius 3 is 3.07 bits per heavy atom. The number of benzene rings is 2. The highest BCUT2D eigenvalue weighted by Crippen LogP contribution is 2.27. The zero-order valence-corrected chi connectivity index (χ0v) is 15.7. The van der Waals surface area contributed by atoms with Crippen molar-refractivity contribution in [2.45, 2.75) is 13.3 Å². The highest BCUT2D eigenvalue weighted by molar-refractivity contribution is 6.00. The number of aromatic nitrogens is 2. The molecule has 0 atom stereocenters. The molecule has 0 aliphatic carbocycles. The van der Waals surface area contributed by atoms with Crippen molar-refractivity contribution in [1.29, 1.82) is 0 Å². The number of nitrogens with zero attached hydrogens (tertiary/aromatic N) is 3. The number of hydrogen-bond donors (Lipinski definition) is 2. The van der Waals surface area contributed by atoms with Gasteiger partial charge in [0.2, 0.25) is 0 Å². The third kappa shape index (κ3) is 3.62. The average molecular weight is 357 g/mol. The Morgan fingerprint density at radius 1 is 1.30 bits per heavy atom. The second-order valence-electron chi connectivity index (χ2n) is 6.87. The van der Waals surface area contributed by atoms with E-state index in [1.165, 1.54) is 11.3 Å². The van der Waals surface area contributed by atoms with Gasteiger partial charge in [-0.1, -0.05) is 18.7 Å². The lowest BCUT2D eigenvalue weighted by molar-refractivity contribution is 0.956. The Morgan fingerprint density at radius 2 is 2.19 bits per heavy atom. The van der Waals surface area contributed by atoms with Crippen molar-refractivity contribution >= 4 is 28.0 Å². The largest absolute Gasteiger partial charge is 0.374 e. The molecule has 2 heterocycles. The number of aromatic amines is 1. The molecule has 0 saturated heterocycles. The van der Waals surface area contributed by atoms with E-state index in [0.717, 1.165) is 46.5 Å². The number of rotatable bonds is 5. The zero-order chi connectivity index (χ0) is 18.8. The van der Waals surface area contributed by atoms with Gasteiger partial charge in [0, 0.05) is 48.0 Å². The van der Waals surface area contributed by atoms with E-state index >= 15 is 0 Å². The van der Waals surface area contributed by atoms with Crippen LogP contribution in [-0.4, -0.2) is 29.5 Å². The van der Waals surface area contributed by atoms with Crippen LogP contribution in [0, 0.1) is 0 Å². The van der Waals surface area contributed by atoms with Gasteiger partial charge >= 0.3 is 0 Å². The van der Waals surface area contributed by atoms with Crippen LogP contribution in [0.2, 0.25) is 0 Å². The number of hydrogen-bond acceptors (Lipinski definition) is 4. The van der Waals surface area contributed by atoms with Gasteiger partial charge in [-0.05, 0) is 54.8 Å². The van der Waals surface area contributed by atoms with Gasteiger partial charge in [-0.2, -0.15) is 5.10 Å². The average Bonchev–Trinajstić information content (AvgIpc) is 3.27. The molecule has 3 aromatic rings. The molecule has 1 aliphatic heterocycles. The first kappa shape index (κ1) is 17.1. The van der Waals surface area contributed by atoms with Gasteiger partial charge in [0.15, 0.2) is 0 Å². The summed E-state index contributed by atoms with van der Waals surface area (Å²) in [5.74, 6) is 0. The van der Waals surface area contributed by atoms with Gasteiger partial charge in [0.05, 0.1) is 11.7 Å². The minimum atomic E-state index is 0.781. The van der Waals surface area contributed by atoms with E-state index in [1.807, 2.05) is 31.2 Å². The molecular weight excluding hydrogens is 334 g/mol. The molecule has 0 amide bonds. The maximum Gasteiger partial charge on any atom is 0.0651 e. The summed E-state index contributed by atoms with van der Waals surface area (Å²) in [7, 11) is 2.14. The summed E-state index contributed by atoms with van der Waals surface area (Å²) < 4.78 is 0. The van der Waals surface area contributed by atoms with Gasteiger partial charge in [-0.3, -0.25) is 10.1 Å². The van der Waals surface area contributed by atoms with Crippen molar-refractivity contribution in [3.8, 4) is 0 Å². The molecule has 0 unspecified atom stereocenters. The fourth-order valence-electron chi connectivity index (χ4n) is 3.33. The maximum absolute atomic E-state index is 4.57. The SMILES string of the molecule is C=C(/C=C\N=C(C)c1ccc2c(c1)N(C)CC2)Nc1ccc2[nH]ncc2c1. The van der Waals surface area contributed by atoms with Crippen LogP contribution in [-0.2, 0) is 6.42 Å². The number of nitrogens with one attached hydrogen (secondary N) is 2. The monoisotopic (exact) mass is 357 g/mol. The van der Waals surface area contributed by atoms with E-state index in [9.17, 15) is 0 Å². The van der Waals surface area contributed by atoms with Gasteiger partial charge < -0.3 is 10.2 Å². The minimum absolute atomic E-state index is 0.781. The normalized spacial score (nSPS) is 14.1. The maximum atomic E-state index is 4.57. The van der Waals surface area contributed by atoms with E-state index < -0.39 is 0 Å². The Labute approximate surface area is 159 Å². The molecule has 0 radical (unpaired) electrons. The summed E-state index contributed by atoms with van der Waals surface area (Å²) in [4.78, 5) is 6.87. The smallest absolute Gasteiger partial charge is 0.0651 e. The Kier molecular flexibility index (Phi) is 4.50. The van der Waals surface area contributed by atoms with Gasteiger partial charge in [-0.15, -0.1) is 0 Å². The van der Waals surface area contributed by atoms with Crippen LogP contribution in [0.5, 0.6) is 0 Å². The molecule has 5 nitrogen and oxygen atoms in total. The first-order chi connectivity index (χ1) is 13.1. The highest BCUT2D eigenvalue weighted by atomic mass is 15.1. The second kappa shape index (κ2) is 7.11. The quantitative estimate of drug-likeness (QED) is 0.522. The number of H-pyrrole nitrogens is 1. The highest BCUT2D eigenvalue weighted by Gasteiger charge is 2.15. The molecular formula is C22H23N5. The fourth-order valence-corrected chi connectivity index (χ4v) is 3.33. The third-order valence-corrected chi connectivity index (χ3v) is 4.92. The molecule has 0 spiro atoms. The Bertz CT molecular complexity index is 1060. The van der Waals surface area contributed by atoms with Crippen molar-refractivity contribution in [1.82, 2.24) is 10.2 Å². The molecule has 0 bridgehead atoms. The molecule has 4 rings (SSSR count). The molecule has 1 aliphatic rings. The molecule has 2 N–H and O–H groups in total. The fraction of sp³-hybridized carbons (Fsp3) is 0.182. The van der Waals surface area contributed by atoms with Crippen LogP contribution in [0.3, 0.4) is 0 Å². The van der Waals surface area contributed by atoms with Gasteiger partial charge in [0.1, 0.15) is 0 Å². The van der Waals surface area contributed by atoms with Crippen LogP contribution in [0.15, 0.2) is 72.1 Å². The lowest BCUT2D eigenvalue weighted by Gasteiger charge is -2.12. The van der Waals surface area contributed by atoms with Crippen molar-refractivity contribution < 1.29 is 0 Å². The predicted molar refractivity (Wildman–Crippen MR) is 114 cm³/mol. The summed E-state index contributed by atoms with van der Waals surface area (Å²) in [5, 5.41) is 11.3. The second-order valence-corrected chi connectivity index (χ2v) is 6.87. The number of allylic oxidation sites excluding steroid dienone is 1. The number of anilines is 2. The first-order valence-electron chi connectivity index (χ1n) is 9.04. The Balaban J connectivity index is 1.42. The zero-order valence-electron chi connectivity index (χ0n) is 15.7. The molecule has 2 aromatic carbocycles. The van der Waals surface area contributed by atoms with E-state index in [0.29, 0.717) is 0 Å². The van der Waals surface area contributed by atoms with Crippen LogP contribution in [0.4, 0.5) is 11.4 Å². The number of fused-ring (bicyclic) bond motifs is 2. The predicted octanol–water partition coefficient (Wildman–Crippen LogP) is 4.50. The standard InChI is InChI=1S/C22H23N5/c1-15(25-20-6-7-21-19(12-20)14-24-26-21)8-10-23-16(2)18-5-4-17-9-11-27(3)22(17)13-18/h4-8,10,12-14,25H,1,9,11H2,2-3H3,(H,24,26)/b10-8-,23-16?. The first-order valence-corrected chi connectivity index (χ1v) is 9.04. The summed E-state index contributed by atoms with van der Waals surface area (Å²) >= 11 is 0. The molecule has 27 heavy (non-hydrogen) atoms. The lowest BCUT2D eigenvalue weighted by atomic mass is 10.1. The van der Waals surface area contributed by atoms with Crippen LogP contribution >= 0.6 is 0 Å². The van der Waals surface area contributed by atoms with E-state index in [-0.39, 0.29) is 0 Å². The summed E-state index contributed by atoms with van der Waals surface area (Å²) in [5.41, 5.74) is 7.63. The molecule has 0 saturated carbocycles. The minimum Gasteiger partial charge on any atom is -0.374 e. The van der Waals surface area contributed by atoms with E-state index in [1.54, 1.807) is 12.4 Å². The van der Waals surface area contributed by atoms with E-state index in [4.69, 9.17) is 0 Å². The van der Waals surface area contributed by atoms with Crippen LogP contribution in [0.25, 0.3) is 10.9 Å². The summed E-state index contributed by atoms with van der Waals surface area (Å²) in [6, 6.07) is 12.6. The van der Waals surface area contributed by atoms with Crippen molar-refractivity contribution in [2.24, 2.45) is 4.99 Å². The Hall–Kier alpha value is -3.34. The topological polar surface area (TPSA) is 56.3 Å². The third-order valence-electron chi connectivity index (χ3n) is 4.92. The summed E-state index contributed by atoms with van der Waals surface area (Å²) in [6.07, 6.45) is 6.60. The molecule has 1 aromatic heterocycles. The summed E-state index contributed by atoms with van der Waals surface area (Å²) in [6.45, 7) is 7.17. The number of likely N-dealkylation sites (N-methyl/N-ethyl adjacent to an activating group) is 1. The molecule has 0 fully saturated rings. The van der Waals surface area contributed by atoms with Crippen LogP contribution in [0.1, 0.15) is 18.1 Å². The van der Waals surface area contributed by atoms with Gasteiger partial charge in [0.25, 0.3) is 0 Å². The lowest BCUT2D eigenvalue weighted by Crippen LogP contribution is -2.12. The number of aliphatic imine (C=N–C) groups is 1.